The van der Waals surface area contributed by atoms with Gasteiger partial charge in [-0.05, 0) is 55.3 Å². The number of rotatable bonds is 9. The number of aliphatic hydroxyl groups excluding tert-OH is 1. The second-order valence-corrected chi connectivity index (χ2v) is 11.1. The summed E-state index contributed by atoms with van der Waals surface area (Å²) in [6.45, 7) is 2.50. The van der Waals surface area contributed by atoms with Crippen LogP contribution in [-0.2, 0) is 0 Å². The maximum absolute atomic E-state index is 10.5. The summed E-state index contributed by atoms with van der Waals surface area (Å²) < 4.78 is 7.71. The standard InChI is InChI=1S/C29H29ClN6O3S/c30-20-4-6-24(7-5-20)39-18-23(38)17-35-12-9-21(10-13-35)32-28-31-11-8-25(33-28)27-26(19-2-1-3-22(37)16-19)34-29-36(27)14-15-40-29/h1-8,11,14-16,21,23,37-38H,9-10,12-13,17-18H2,(H,31,32,33). The highest BCUT2D eigenvalue weighted by atomic mass is 35.5. The molecule has 9 nitrogen and oxygen atoms in total. The van der Waals surface area contributed by atoms with Gasteiger partial charge in [-0.3, -0.25) is 4.40 Å². The second-order valence-electron chi connectivity index (χ2n) is 9.82. The number of β-amino-alcohol motifs (C(OH)–C–C–N with tert-alkyl or cyclic N) is 1. The van der Waals surface area contributed by atoms with Crippen LogP contribution in [0.1, 0.15) is 12.8 Å². The minimum atomic E-state index is -0.578. The van der Waals surface area contributed by atoms with Gasteiger partial charge in [0.05, 0.1) is 11.4 Å². The summed E-state index contributed by atoms with van der Waals surface area (Å²) in [5.74, 6) is 1.45. The van der Waals surface area contributed by atoms with Gasteiger partial charge >= 0.3 is 0 Å². The van der Waals surface area contributed by atoms with E-state index in [0.29, 0.717) is 23.3 Å². The number of likely N-dealkylation sites (tertiary alicyclic amines) is 1. The van der Waals surface area contributed by atoms with Gasteiger partial charge < -0.3 is 25.2 Å². The molecule has 0 aliphatic carbocycles. The lowest BCUT2D eigenvalue weighted by atomic mass is 10.0. The van der Waals surface area contributed by atoms with E-state index in [1.54, 1.807) is 53.9 Å². The molecular formula is C29H29ClN6O3S. The normalized spacial score (nSPS) is 15.3. The van der Waals surface area contributed by atoms with Crippen molar-refractivity contribution in [2.24, 2.45) is 0 Å². The molecule has 2 aromatic carbocycles. The van der Waals surface area contributed by atoms with Gasteiger partial charge in [-0.25, -0.2) is 15.0 Å². The van der Waals surface area contributed by atoms with Crippen LogP contribution in [-0.4, -0.2) is 72.9 Å². The molecule has 1 fully saturated rings. The monoisotopic (exact) mass is 576 g/mol. The Hall–Kier alpha value is -3.70. The van der Waals surface area contributed by atoms with Gasteiger partial charge in [0.25, 0.3) is 0 Å². The zero-order valence-electron chi connectivity index (χ0n) is 21.7. The number of anilines is 1. The molecule has 0 amide bonds. The maximum Gasteiger partial charge on any atom is 0.223 e. The second kappa shape index (κ2) is 11.8. The number of halogens is 1. The Kier molecular flexibility index (Phi) is 7.83. The molecule has 0 saturated carbocycles. The Morgan fingerprint density at radius 3 is 2.73 bits per heavy atom. The number of ether oxygens (including phenoxy) is 1. The lowest BCUT2D eigenvalue weighted by Gasteiger charge is -2.33. The Balaban J connectivity index is 1.08. The predicted octanol–water partition coefficient (Wildman–Crippen LogP) is 5.20. The van der Waals surface area contributed by atoms with Crippen molar-refractivity contribution in [3.05, 3.63) is 77.4 Å². The van der Waals surface area contributed by atoms with E-state index < -0.39 is 6.10 Å². The Morgan fingerprint density at radius 2 is 1.93 bits per heavy atom. The molecule has 40 heavy (non-hydrogen) atoms. The van der Waals surface area contributed by atoms with Gasteiger partial charge in [-0.2, -0.15) is 0 Å². The van der Waals surface area contributed by atoms with Crippen molar-refractivity contribution in [1.29, 1.82) is 0 Å². The predicted molar refractivity (Wildman–Crippen MR) is 157 cm³/mol. The number of piperidine rings is 1. The molecule has 0 spiro atoms. The number of aliphatic hydroxyl groups is 1. The fourth-order valence-corrected chi connectivity index (χ4v) is 5.80. The average molecular weight is 577 g/mol. The average Bonchev–Trinajstić information content (AvgIpc) is 3.56. The summed E-state index contributed by atoms with van der Waals surface area (Å²) in [5, 5.41) is 26.7. The summed E-state index contributed by atoms with van der Waals surface area (Å²) in [6.07, 6.45) is 4.98. The molecule has 4 heterocycles. The first kappa shape index (κ1) is 26.5. The van der Waals surface area contributed by atoms with Crippen molar-refractivity contribution in [1.82, 2.24) is 24.3 Å². The molecular weight excluding hydrogens is 548 g/mol. The Morgan fingerprint density at radius 1 is 1.10 bits per heavy atom. The first-order valence-corrected chi connectivity index (χ1v) is 14.4. The molecule has 0 radical (unpaired) electrons. The van der Waals surface area contributed by atoms with Crippen LogP contribution in [0.25, 0.3) is 27.6 Å². The van der Waals surface area contributed by atoms with Crippen LogP contribution in [0.2, 0.25) is 5.02 Å². The van der Waals surface area contributed by atoms with Gasteiger partial charge in [0.15, 0.2) is 4.96 Å². The third-order valence-electron chi connectivity index (χ3n) is 6.93. The number of fused-ring (bicyclic) bond motifs is 1. The molecule has 11 heteroatoms. The molecule has 1 atom stereocenters. The number of thiazole rings is 1. The molecule has 0 bridgehead atoms. The summed E-state index contributed by atoms with van der Waals surface area (Å²) in [7, 11) is 0. The number of hydrogen-bond acceptors (Lipinski definition) is 9. The quantitative estimate of drug-likeness (QED) is 0.220. The Labute approximate surface area is 240 Å². The molecule has 1 saturated heterocycles. The molecule has 5 aromatic rings. The minimum Gasteiger partial charge on any atom is -0.508 e. The number of nitrogens with zero attached hydrogens (tertiary/aromatic N) is 5. The minimum absolute atomic E-state index is 0.192. The number of hydrogen-bond donors (Lipinski definition) is 3. The van der Waals surface area contributed by atoms with E-state index in [1.807, 2.05) is 34.2 Å². The first-order chi connectivity index (χ1) is 19.5. The smallest absolute Gasteiger partial charge is 0.223 e. The molecule has 206 valence electrons. The summed E-state index contributed by atoms with van der Waals surface area (Å²) in [5.41, 5.74) is 3.20. The van der Waals surface area contributed by atoms with Crippen LogP contribution in [0, 0.1) is 0 Å². The number of aromatic nitrogens is 4. The van der Waals surface area contributed by atoms with Gasteiger partial charge in [-0.1, -0.05) is 23.7 Å². The first-order valence-electron chi connectivity index (χ1n) is 13.2. The SMILES string of the molecule is Oc1cccc(-c2nc3sccn3c2-c2ccnc(NC3CCN(CC(O)COc4ccc(Cl)cc4)CC3)n2)c1. The maximum atomic E-state index is 10.5. The highest BCUT2D eigenvalue weighted by Crippen LogP contribution is 2.34. The van der Waals surface area contributed by atoms with Crippen LogP contribution >= 0.6 is 22.9 Å². The molecule has 1 unspecified atom stereocenters. The lowest BCUT2D eigenvalue weighted by molar-refractivity contribution is 0.0604. The largest absolute Gasteiger partial charge is 0.508 e. The van der Waals surface area contributed by atoms with E-state index in [9.17, 15) is 10.2 Å². The molecule has 1 aliphatic heterocycles. The number of nitrogens with one attached hydrogen (secondary N) is 1. The fourth-order valence-electron chi connectivity index (χ4n) is 4.96. The van der Waals surface area contributed by atoms with Gasteiger partial charge in [-0.15, -0.1) is 11.3 Å². The number of phenolic OH excluding ortho intramolecular Hbond substituents is 1. The van der Waals surface area contributed by atoms with Crippen LogP contribution in [0.15, 0.2) is 72.4 Å². The van der Waals surface area contributed by atoms with Crippen molar-refractivity contribution in [3.8, 4) is 34.1 Å². The van der Waals surface area contributed by atoms with E-state index >= 15 is 0 Å². The number of imidazole rings is 1. The highest BCUT2D eigenvalue weighted by molar-refractivity contribution is 7.15. The molecule has 6 rings (SSSR count). The highest BCUT2D eigenvalue weighted by Gasteiger charge is 2.23. The van der Waals surface area contributed by atoms with Crippen molar-refractivity contribution < 1.29 is 14.9 Å². The number of aromatic hydroxyl groups is 1. The third-order valence-corrected chi connectivity index (χ3v) is 7.93. The van der Waals surface area contributed by atoms with Gasteiger partial charge in [0.1, 0.15) is 29.9 Å². The van der Waals surface area contributed by atoms with Gasteiger partial charge in [0.2, 0.25) is 5.95 Å². The third kappa shape index (κ3) is 6.05. The lowest BCUT2D eigenvalue weighted by Crippen LogP contribution is -2.43. The van der Waals surface area contributed by atoms with E-state index in [-0.39, 0.29) is 18.4 Å². The van der Waals surface area contributed by atoms with Crippen molar-refractivity contribution >= 4 is 33.8 Å². The topological polar surface area (TPSA) is 108 Å². The summed E-state index contributed by atoms with van der Waals surface area (Å²) >= 11 is 7.46. The van der Waals surface area contributed by atoms with Crippen molar-refractivity contribution in [3.63, 3.8) is 0 Å². The van der Waals surface area contributed by atoms with E-state index in [4.69, 9.17) is 26.3 Å². The fraction of sp³-hybridized carbons (Fsp3) is 0.276. The van der Waals surface area contributed by atoms with Gasteiger partial charge in [0, 0.05) is 54.0 Å². The summed E-state index contributed by atoms with van der Waals surface area (Å²) in [6, 6.07) is 16.4. The van der Waals surface area contributed by atoms with E-state index in [2.05, 4.69) is 15.2 Å². The molecule has 3 N–H and O–H groups in total. The van der Waals surface area contributed by atoms with Crippen molar-refractivity contribution in [2.75, 3.05) is 31.6 Å². The van der Waals surface area contributed by atoms with Crippen LogP contribution < -0.4 is 10.1 Å². The number of phenols is 1. The Bertz CT molecular complexity index is 1580. The zero-order valence-corrected chi connectivity index (χ0v) is 23.2. The van der Waals surface area contributed by atoms with Crippen LogP contribution in [0.3, 0.4) is 0 Å². The van der Waals surface area contributed by atoms with Crippen LogP contribution in [0.4, 0.5) is 5.95 Å². The van der Waals surface area contributed by atoms with Crippen LogP contribution in [0.5, 0.6) is 11.5 Å². The number of benzene rings is 2. The summed E-state index contributed by atoms with van der Waals surface area (Å²) in [4.78, 5) is 17.3. The zero-order chi connectivity index (χ0) is 27.5. The van der Waals surface area contributed by atoms with E-state index in [1.165, 1.54) is 0 Å². The van der Waals surface area contributed by atoms with Crippen molar-refractivity contribution in [2.45, 2.75) is 25.0 Å². The molecule has 3 aromatic heterocycles. The van der Waals surface area contributed by atoms with E-state index in [0.717, 1.165) is 53.5 Å². The molecule has 1 aliphatic rings.